The van der Waals surface area contributed by atoms with Crippen molar-refractivity contribution in [1.29, 1.82) is 0 Å². The Morgan fingerprint density at radius 2 is 2.29 bits per heavy atom. The molecule has 3 heteroatoms. The highest BCUT2D eigenvalue weighted by Gasteiger charge is 2.23. The molecule has 0 spiro atoms. The number of hydrogen-bond acceptors (Lipinski definition) is 3. The molecular weight excluding hydrogens is 214 g/mol. The number of methoxy groups -OCH3 is 1. The van der Waals surface area contributed by atoms with E-state index >= 15 is 0 Å². The summed E-state index contributed by atoms with van der Waals surface area (Å²) in [7, 11) is 1.41. The summed E-state index contributed by atoms with van der Waals surface area (Å²) in [5.41, 5.74) is 2.65. The van der Waals surface area contributed by atoms with Gasteiger partial charge in [-0.1, -0.05) is 24.3 Å². The lowest BCUT2D eigenvalue weighted by Gasteiger charge is -2.12. The van der Waals surface area contributed by atoms with Gasteiger partial charge in [0.25, 0.3) is 0 Å². The van der Waals surface area contributed by atoms with Gasteiger partial charge in [0.2, 0.25) is 0 Å². The number of benzene rings is 1. The Balaban J connectivity index is 1.90. The van der Waals surface area contributed by atoms with Crippen LogP contribution in [0.3, 0.4) is 0 Å². The molecule has 3 nitrogen and oxygen atoms in total. The van der Waals surface area contributed by atoms with Crippen LogP contribution in [-0.4, -0.2) is 19.1 Å². The van der Waals surface area contributed by atoms with Crippen LogP contribution >= 0.6 is 0 Å². The van der Waals surface area contributed by atoms with Gasteiger partial charge in [-0.05, 0) is 36.8 Å². The van der Waals surface area contributed by atoms with Gasteiger partial charge in [0, 0.05) is 6.54 Å². The highest BCUT2D eigenvalue weighted by atomic mass is 16.5. The molecule has 17 heavy (non-hydrogen) atoms. The molecule has 1 N–H and O–H groups in total. The lowest BCUT2D eigenvalue weighted by molar-refractivity contribution is -0.142. The SMILES string of the molecule is COC(=O)C(C)NCc1cccc(C2CC2)c1. The third-order valence-electron chi connectivity index (χ3n) is 3.17. The predicted octanol–water partition coefficient (Wildman–Crippen LogP) is 2.22. The number of carbonyl (C=O) groups is 1. The third kappa shape index (κ3) is 3.30. The minimum absolute atomic E-state index is 0.219. The summed E-state index contributed by atoms with van der Waals surface area (Å²) in [5.74, 6) is 0.552. The van der Waals surface area contributed by atoms with Gasteiger partial charge < -0.3 is 10.1 Å². The molecule has 0 radical (unpaired) electrons. The molecule has 92 valence electrons. The van der Waals surface area contributed by atoms with Crippen molar-refractivity contribution < 1.29 is 9.53 Å². The summed E-state index contributed by atoms with van der Waals surface area (Å²) in [6.45, 7) is 2.52. The fourth-order valence-electron chi connectivity index (χ4n) is 1.90. The Morgan fingerprint density at radius 1 is 1.53 bits per heavy atom. The van der Waals surface area contributed by atoms with Crippen LogP contribution in [0.4, 0.5) is 0 Å². The lowest BCUT2D eigenvalue weighted by atomic mass is 10.1. The van der Waals surface area contributed by atoms with Crippen molar-refractivity contribution in [2.75, 3.05) is 7.11 Å². The molecular formula is C14H19NO2. The first kappa shape index (κ1) is 12.1. The first-order chi connectivity index (χ1) is 8.20. The van der Waals surface area contributed by atoms with Crippen LogP contribution in [-0.2, 0) is 16.1 Å². The molecule has 1 saturated carbocycles. The van der Waals surface area contributed by atoms with Gasteiger partial charge in [0.1, 0.15) is 6.04 Å². The number of ether oxygens (including phenoxy) is 1. The van der Waals surface area contributed by atoms with Crippen molar-refractivity contribution in [3.8, 4) is 0 Å². The maximum Gasteiger partial charge on any atom is 0.322 e. The molecule has 0 aromatic heterocycles. The van der Waals surface area contributed by atoms with Crippen LogP contribution in [0, 0.1) is 0 Å². The Kier molecular flexibility index (Phi) is 3.79. The largest absolute Gasteiger partial charge is 0.468 e. The summed E-state index contributed by atoms with van der Waals surface area (Å²) in [4.78, 5) is 11.2. The topological polar surface area (TPSA) is 38.3 Å². The Bertz CT molecular complexity index is 399. The maximum absolute atomic E-state index is 11.2. The molecule has 2 rings (SSSR count). The van der Waals surface area contributed by atoms with Crippen molar-refractivity contribution in [2.45, 2.75) is 38.3 Å². The summed E-state index contributed by atoms with van der Waals surface area (Å²) < 4.78 is 4.67. The van der Waals surface area contributed by atoms with Crippen LogP contribution in [0.1, 0.15) is 36.8 Å². The van der Waals surface area contributed by atoms with Gasteiger partial charge in [0.15, 0.2) is 0 Å². The second-order valence-electron chi connectivity index (χ2n) is 4.65. The molecule has 0 saturated heterocycles. The van der Waals surface area contributed by atoms with E-state index in [0.29, 0.717) is 6.54 Å². The van der Waals surface area contributed by atoms with Crippen molar-refractivity contribution in [2.24, 2.45) is 0 Å². The van der Waals surface area contributed by atoms with Crippen LogP contribution in [0.2, 0.25) is 0 Å². The third-order valence-corrected chi connectivity index (χ3v) is 3.17. The first-order valence-corrected chi connectivity index (χ1v) is 6.10. The minimum atomic E-state index is -0.260. The molecule has 1 fully saturated rings. The molecule has 0 amide bonds. The highest BCUT2D eigenvalue weighted by Crippen LogP contribution is 2.40. The zero-order valence-corrected chi connectivity index (χ0v) is 10.4. The van der Waals surface area contributed by atoms with Crippen LogP contribution in [0.5, 0.6) is 0 Å². The fourth-order valence-corrected chi connectivity index (χ4v) is 1.90. The number of esters is 1. The standard InChI is InChI=1S/C14H19NO2/c1-10(14(16)17-2)15-9-11-4-3-5-13(8-11)12-6-7-12/h3-5,8,10,12,15H,6-7,9H2,1-2H3. The van der Waals surface area contributed by atoms with Crippen LogP contribution in [0.25, 0.3) is 0 Å². The van der Waals surface area contributed by atoms with E-state index in [9.17, 15) is 4.79 Å². The highest BCUT2D eigenvalue weighted by molar-refractivity contribution is 5.75. The maximum atomic E-state index is 11.2. The zero-order valence-electron chi connectivity index (χ0n) is 10.4. The van der Waals surface area contributed by atoms with Crippen molar-refractivity contribution in [3.05, 3.63) is 35.4 Å². The lowest BCUT2D eigenvalue weighted by Crippen LogP contribution is -2.34. The molecule has 0 aliphatic heterocycles. The van der Waals surface area contributed by atoms with E-state index in [2.05, 4.69) is 34.3 Å². The van der Waals surface area contributed by atoms with E-state index in [1.54, 1.807) is 0 Å². The van der Waals surface area contributed by atoms with E-state index in [1.165, 1.54) is 31.1 Å². The monoisotopic (exact) mass is 233 g/mol. The Hall–Kier alpha value is -1.35. The second-order valence-corrected chi connectivity index (χ2v) is 4.65. The molecule has 1 aliphatic carbocycles. The average Bonchev–Trinajstić information content (AvgIpc) is 3.19. The Labute approximate surface area is 102 Å². The molecule has 1 atom stereocenters. The van der Waals surface area contributed by atoms with Gasteiger partial charge in [-0.15, -0.1) is 0 Å². The van der Waals surface area contributed by atoms with Crippen LogP contribution in [0.15, 0.2) is 24.3 Å². The molecule has 1 aromatic rings. The van der Waals surface area contributed by atoms with Crippen LogP contribution < -0.4 is 5.32 Å². The summed E-state index contributed by atoms with van der Waals surface area (Å²) in [6.07, 6.45) is 2.63. The summed E-state index contributed by atoms with van der Waals surface area (Å²) in [6, 6.07) is 8.33. The second kappa shape index (κ2) is 5.32. The van der Waals surface area contributed by atoms with E-state index in [0.717, 1.165) is 5.92 Å². The minimum Gasteiger partial charge on any atom is -0.468 e. The molecule has 1 aliphatic rings. The summed E-state index contributed by atoms with van der Waals surface area (Å²) >= 11 is 0. The van der Waals surface area contributed by atoms with Crippen molar-refractivity contribution in [3.63, 3.8) is 0 Å². The fraction of sp³-hybridized carbons (Fsp3) is 0.500. The smallest absolute Gasteiger partial charge is 0.322 e. The number of carbonyl (C=O) groups excluding carboxylic acids is 1. The van der Waals surface area contributed by atoms with Crippen molar-refractivity contribution in [1.82, 2.24) is 5.32 Å². The molecule has 1 unspecified atom stereocenters. The Morgan fingerprint density at radius 3 is 2.94 bits per heavy atom. The van der Waals surface area contributed by atoms with Gasteiger partial charge in [-0.25, -0.2) is 0 Å². The first-order valence-electron chi connectivity index (χ1n) is 6.10. The number of hydrogen-bond donors (Lipinski definition) is 1. The van der Waals surface area contributed by atoms with E-state index in [4.69, 9.17) is 0 Å². The normalized spacial score (nSPS) is 16.6. The van der Waals surface area contributed by atoms with Crippen molar-refractivity contribution >= 4 is 5.97 Å². The van der Waals surface area contributed by atoms with Gasteiger partial charge in [-0.3, -0.25) is 4.79 Å². The summed E-state index contributed by atoms with van der Waals surface area (Å²) in [5, 5.41) is 3.16. The van der Waals surface area contributed by atoms with E-state index in [1.807, 2.05) is 6.92 Å². The van der Waals surface area contributed by atoms with E-state index < -0.39 is 0 Å². The van der Waals surface area contributed by atoms with E-state index in [-0.39, 0.29) is 12.0 Å². The molecule has 0 bridgehead atoms. The van der Waals surface area contributed by atoms with Gasteiger partial charge in [0.05, 0.1) is 7.11 Å². The quantitative estimate of drug-likeness (QED) is 0.792. The average molecular weight is 233 g/mol. The van der Waals surface area contributed by atoms with Gasteiger partial charge in [-0.2, -0.15) is 0 Å². The zero-order chi connectivity index (χ0) is 12.3. The molecule has 0 heterocycles. The number of rotatable bonds is 5. The predicted molar refractivity (Wildman–Crippen MR) is 66.7 cm³/mol. The molecule has 1 aromatic carbocycles. The number of nitrogens with one attached hydrogen (secondary N) is 1. The van der Waals surface area contributed by atoms with Gasteiger partial charge >= 0.3 is 5.97 Å².